The van der Waals surface area contributed by atoms with Crippen molar-refractivity contribution in [2.45, 2.75) is 6.92 Å². The molecule has 0 bridgehead atoms. The summed E-state index contributed by atoms with van der Waals surface area (Å²) < 4.78 is 4.50. The molecular weight excluding hydrogens is 322 g/mol. The zero-order valence-electron chi connectivity index (χ0n) is 12.3. The number of anilines is 1. The lowest BCUT2D eigenvalue weighted by Crippen LogP contribution is -2.25. The molecule has 0 aliphatic carbocycles. The van der Waals surface area contributed by atoms with Gasteiger partial charge in [0.2, 0.25) is 0 Å². The molecule has 0 unspecified atom stereocenters. The number of hydrogen-bond donors (Lipinski definition) is 1. The number of carbonyl (C=O) groups excluding carboxylic acids is 2. The van der Waals surface area contributed by atoms with Gasteiger partial charge in [0.05, 0.1) is 16.5 Å². The van der Waals surface area contributed by atoms with E-state index in [1.54, 1.807) is 0 Å². The van der Waals surface area contributed by atoms with Crippen LogP contribution in [-0.4, -0.2) is 28.3 Å². The maximum absolute atomic E-state index is 11.7. The number of benzene rings is 2. The van der Waals surface area contributed by atoms with E-state index in [0.717, 1.165) is 6.07 Å². The molecule has 10 nitrogen and oxygen atoms in total. The average molecular weight is 333 g/mol. The van der Waals surface area contributed by atoms with Gasteiger partial charge in [0.15, 0.2) is 0 Å². The highest BCUT2D eigenvalue weighted by atomic mass is 16.6. The highest BCUT2D eigenvalue weighted by Gasteiger charge is 2.28. The maximum atomic E-state index is 11.7. The Morgan fingerprint density at radius 1 is 1.12 bits per heavy atom. The minimum atomic E-state index is -1.21. The van der Waals surface area contributed by atoms with E-state index in [4.69, 9.17) is 0 Å². The minimum Gasteiger partial charge on any atom is -0.459 e. The lowest BCUT2D eigenvalue weighted by molar-refractivity contribution is -0.389. The second kappa shape index (κ2) is 6.69. The molecule has 0 radical (unpaired) electrons. The van der Waals surface area contributed by atoms with Crippen LogP contribution in [0, 0.1) is 20.2 Å². The number of nitrogens with zero attached hydrogens (tertiary/aromatic N) is 2. The summed E-state index contributed by atoms with van der Waals surface area (Å²) in [5, 5.41) is 24.6. The topological polar surface area (TPSA) is 142 Å². The Balaban J connectivity index is 2.63. The average Bonchev–Trinajstić information content (AvgIpc) is 2.53. The van der Waals surface area contributed by atoms with Gasteiger partial charge in [-0.1, -0.05) is 18.2 Å². The lowest BCUT2D eigenvalue weighted by Gasteiger charge is -2.08. The molecule has 1 N–H and O–H groups in total. The van der Waals surface area contributed by atoms with Gasteiger partial charge in [-0.05, 0) is 18.4 Å². The van der Waals surface area contributed by atoms with Crippen molar-refractivity contribution >= 4 is 39.7 Å². The molecule has 0 heterocycles. The standard InChI is InChI=1S/C14H11N3O7/c1-2-24-14(19)13(18)15-9-7-6-8-4-3-5-10(16(20)21)11(8)12(9)17(22)23/h3-7H,2H2,1H3,(H,15,18). The molecule has 0 aliphatic heterocycles. The number of nitro benzene ring substituents is 2. The van der Waals surface area contributed by atoms with Gasteiger partial charge in [0.1, 0.15) is 11.1 Å². The molecule has 0 atom stereocenters. The fourth-order valence-corrected chi connectivity index (χ4v) is 2.15. The van der Waals surface area contributed by atoms with Crippen LogP contribution in [0.15, 0.2) is 30.3 Å². The van der Waals surface area contributed by atoms with Crippen molar-refractivity contribution in [1.82, 2.24) is 0 Å². The van der Waals surface area contributed by atoms with Crippen LogP contribution in [-0.2, 0) is 14.3 Å². The first-order valence-electron chi connectivity index (χ1n) is 6.69. The summed E-state index contributed by atoms with van der Waals surface area (Å²) in [5.41, 5.74) is -1.48. The lowest BCUT2D eigenvalue weighted by atomic mass is 10.1. The summed E-state index contributed by atoms with van der Waals surface area (Å²) in [4.78, 5) is 44.0. The molecular formula is C14H11N3O7. The third kappa shape index (κ3) is 3.11. The van der Waals surface area contributed by atoms with Crippen LogP contribution in [0.3, 0.4) is 0 Å². The normalized spacial score (nSPS) is 10.2. The summed E-state index contributed by atoms with van der Waals surface area (Å²) in [6.07, 6.45) is 0. The molecule has 0 spiro atoms. The number of fused-ring (bicyclic) bond motifs is 1. The summed E-state index contributed by atoms with van der Waals surface area (Å²) >= 11 is 0. The van der Waals surface area contributed by atoms with Crippen molar-refractivity contribution in [1.29, 1.82) is 0 Å². The summed E-state index contributed by atoms with van der Waals surface area (Å²) in [6, 6.07) is 6.54. The Kier molecular flexibility index (Phi) is 4.68. The number of rotatable bonds is 4. The van der Waals surface area contributed by atoms with Crippen molar-refractivity contribution in [3.05, 3.63) is 50.6 Å². The zero-order chi connectivity index (χ0) is 17.9. The van der Waals surface area contributed by atoms with Crippen LogP contribution in [0.4, 0.5) is 17.1 Å². The molecule has 2 rings (SSSR count). The van der Waals surface area contributed by atoms with E-state index in [0.29, 0.717) is 0 Å². The van der Waals surface area contributed by atoms with Crippen molar-refractivity contribution in [3.8, 4) is 0 Å². The minimum absolute atomic E-state index is 0.0441. The van der Waals surface area contributed by atoms with Crippen molar-refractivity contribution < 1.29 is 24.2 Å². The molecule has 2 aromatic rings. The van der Waals surface area contributed by atoms with Crippen LogP contribution in [0.25, 0.3) is 10.8 Å². The molecule has 0 aliphatic rings. The van der Waals surface area contributed by atoms with Gasteiger partial charge in [0.25, 0.3) is 5.69 Å². The van der Waals surface area contributed by atoms with Crippen LogP contribution in [0.2, 0.25) is 0 Å². The number of carbonyl (C=O) groups is 2. The second-order valence-electron chi connectivity index (χ2n) is 4.53. The SMILES string of the molecule is CCOC(=O)C(=O)Nc1ccc2cccc([N+](=O)[O-])c2c1[N+](=O)[O-]. The number of ether oxygens (including phenoxy) is 1. The predicted octanol–water partition coefficient (Wildman–Crippen LogP) is 2.16. The van der Waals surface area contributed by atoms with E-state index in [1.807, 2.05) is 0 Å². The van der Waals surface area contributed by atoms with Crippen LogP contribution < -0.4 is 5.32 Å². The Labute approximate surface area is 134 Å². The van der Waals surface area contributed by atoms with Gasteiger partial charge in [-0.3, -0.25) is 25.0 Å². The third-order valence-corrected chi connectivity index (χ3v) is 3.08. The Morgan fingerprint density at radius 2 is 1.83 bits per heavy atom. The molecule has 0 aromatic heterocycles. The summed E-state index contributed by atoms with van der Waals surface area (Å²) in [5.74, 6) is -2.42. The molecule has 124 valence electrons. The summed E-state index contributed by atoms with van der Waals surface area (Å²) in [6.45, 7) is 1.45. The highest BCUT2D eigenvalue weighted by molar-refractivity contribution is 6.37. The first kappa shape index (κ1) is 16.8. The summed E-state index contributed by atoms with van der Waals surface area (Å²) in [7, 11) is 0. The number of esters is 1. The van der Waals surface area contributed by atoms with Gasteiger partial charge in [-0.25, -0.2) is 4.79 Å². The Morgan fingerprint density at radius 3 is 2.42 bits per heavy atom. The quantitative estimate of drug-likeness (QED) is 0.391. The first-order chi connectivity index (χ1) is 11.4. The largest absolute Gasteiger partial charge is 0.459 e. The molecule has 24 heavy (non-hydrogen) atoms. The van der Waals surface area contributed by atoms with E-state index in [-0.39, 0.29) is 23.1 Å². The van der Waals surface area contributed by atoms with E-state index in [1.165, 1.54) is 31.2 Å². The molecule has 10 heteroatoms. The molecule has 0 saturated heterocycles. The number of nitro groups is 2. The van der Waals surface area contributed by atoms with Crippen LogP contribution in [0.1, 0.15) is 6.92 Å². The van der Waals surface area contributed by atoms with E-state index in [2.05, 4.69) is 10.1 Å². The molecule has 2 aromatic carbocycles. The number of hydrogen-bond acceptors (Lipinski definition) is 7. The van der Waals surface area contributed by atoms with Gasteiger partial charge in [-0.15, -0.1) is 0 Å². The molecule has 0 fully saturated rings. The second-order valence-corrected chi connectivity index (χ2v) is 4.53. The first-order valence-corrected chi connectivity index (χ1v) is 6.69. The third-order valence-electron chi connectivity index (χ3n) is 3.08. The van der Waals surface area contributed by atoms with Gasteiger partial charge in [-0.2, -0.15) is 0 Å². The Bertz CT molecular complexity index is 863. The monoisotopic (exact) mass is 333 g/mol. The number of nitrogens with one attached hydrogen (secondary N) is 1. The smallest absolute Gasteiger partial charge is 0.397 e. The number of amides is 1. The zero-order valence-corrected chi connectivity index (χ0v) is 12.3. The van der Waals surface area contributed by atoms with Crippen LogP contribution in [0.5, 0.6) is 0 Å². The maximum Gasteiger partial charge on any atom is 0.397 e. The van der Waals surface area contributed by atoms with E-state index in [9.17, 15) is 29.8 Å². The highest BCUT2D eigenvalue weighted by Crippen LogP contribution is 2.38. The van der Waals surface area contributed by atoms with E-state index < -0.39 is 33.1 Å². The molecule has 0 saturated carbocycles. The van der Waals surface area contributed by atoms with Gasteiger partial charge >= 0.3 is 17.6 Å². The Hall–Kier alpha value is -3.56. The van der Waals surface area contributed by atoms with Crippen LogP contribution >= 0.6 is 0 Å². The van der Waals surface area contributed by atoms with Crippen molar-refractivity contribution in [2.24, 2.45) is 0 Å². The van der Waals surface area contributed by atoms with Gasteiger partial charge in [0, 0.05) is 6.07 Å². The fraction of sp³-hybridized carbons (Fsp3) is 0.143. The molecule has 1 amide bonds. The fourth-order valence-electron chi connectivity index (χ4n) is 2.15. The van der Waals surface area contributed by atoms with Crippen molar-refractivity contribution in [3.63, 3.8) is 0 Å². The van der Waals surface area contributed by atoms with Crippen molar-refractivity contribution in [2.75, 3.05) is 11.9 Å². The van der Waals surface area contributed by atoms with E-state index >= 15 is 0 Å². The van der Waals surface area contributed by atoms with Gasteiger partial charge < -0.3 is 10.1 Å². The predicted molar refractivity (Wildman–Crippen MR) is 82.5 cm³/mol. The number of non-ortho nitro benzene ring substituents is 1.